The van der Waals surface area contributed by atoms with Gasteiger partial charge in [-0.15, -0.1) is 0 Å². The van der Waals surface area contributed by atoms with Crippen molar-refractivity contribution in [1.29, 1.82) is 0 Å². The number of benzene rings is 1. The van der Waals surface area contributed by atoms with Crippen molar-refractivity contribution in [1.82, 2.24) is 0 Å². The highest BCUT2D eigenvalue weighted by molar-refractivity contribution is 6.35. The zero-order valence-electron chi connectivity index (χ0n) is 11.4. The predicted octanol–water partition coefficient (Wildman–Crippen LogP) is 3.91. The van der Waals surface area contributed by atoms with Gasteiger partial charge in [0.1, 0.15) is 0 Å². The summed E-state index contributed by atoms with van der Waals surface area (Å²) in [4.78, 5) is 23.1. The van der Waals surface area contributed by atoms with Crippen molar-refractivity contribution < 1.29 is 14.3 Å². The average Bonchev–Trinajstić information content (AvgIpc) is 2.26. The molecule has 1 amide bonds. The lowest BCUT2D eigenvalue weighted by Crippen LogP contribution is -2.18. The van der Waals surface area contributed by atoms with E-state index in [1.54, 1.807) is 25.1 Å². The van der Waals surface area contributed by atoms with E-state index in [0.29, 0.717) is 22.3 Å². The number of esters is 1. The van der Waals surface area contributed by atoms with Crippen LogP contribution in [0.4, 0.5) is 5.69 Å². The highest BCUT2D eigenvalue weighted by Gasteiger charge is 2.14. The zero-order valence-corrected chi connectivity index (χ0v) is 12.9. The van der Waals surface area contributed by atoms with Crippen LogP contribution in [-0.4, -0.2) is 18.5 Å². The molecule has 1 N–H and O–H groups in total. The van der Waals surface area contributed by atoms with Gasteiger partial charge in [-0.25, -0.2) is 0 Å². The minimum absolute atomic E-state index is 0.0938. The van der Waals surface area contributed by atoms with Gasteiger partial charge in [0.25, 0.3) is 0 Å². The van der Waals surface area contributed by atoms with Gasteiger partial charge in [0.2, 0.25) is 5.91 Å². The maximum absolute atomic E-state index is 11.8. The Kier molecular flexibility index (Phi) is 6.82. The Morgan fingerprint density at radius 1 is 1.20 bits per heavy atom. The molecule has 0 saturated carbocycles. The van der Waals surface area contributed by atoms with E-state index in [1.165, 1.54) is 0 Å². The van der Waals surface area contributed by atoms with Gasteiger partial charge in [-0.05, 0) is 31.0 Å². The molecule has 1 unspecified atom stereocenters. The van der Waals surface area contributed by atoms with Crippen molar-refractivity contribution >= 4 is 40.8 Å². The van der Waals surface area contributed by atoms with Gasteiger partial charge >= 0.3 is 5.97 Å². The Morgan fingerprint density at radius 2 is 1.80 bits per heavy atom. The first kappa shape index (κ1) is 16.8. The first-order valence-corrected chi connectivity index (χ1v) is 7.08. The lowest BCUT2D eigenvalue weighted by atomic mass is 10.0. The number of carbonyl (C=O) groups excluding carboxylic acids is 2. The quantitative estimate of drug-likeness (QED) is 0.809. The van der Waals surface area contributed by atoms with Gasteiger partial charge in [-0.2, -0.15) is 0 Å². The van der Waals surface area contributed by atoms with E-state index in [4.69, 9.17) is 27.9 Å². The molecule has 0 bridgehead atoms. The second-order valence-corrected chi connectivity index (χ2v) is 5.40. The average molecular weight is 318 g/mol. The summed E-state index contributed by atoms with van der Waals surface area (Å²) in [5.74, 6) is -0.581. The van der Waals surface area contributed by atoms with Gasteiger partial charge in [-0.1, -0.05) is 30.1 Å². The van der Waals surface area contributed by atoms with Crippen LogP contribution in [0, 0.1) is 5.92 Å². The van der Waals surface area contributed by atoms with Crippen molar-refractivity contribution in [2.75, 3.05) is 11.9 Å². The Labute approximate surface area is 128 Å². The molecule has 110 valence electrons. The second-order valence-electron chi connectivity index (χ2n) is 4.52. The fraction of sp³-hybridized carbons (Fsp3) is 0.429. The highest BCUT2D eigenvalue weighted by atomic mass is 35.5. The van der Waals surface area contributed by atoms with E-state index in [1.807, 2.05) is 6.92 Å². The van der Waals surface area contributed by atoms with E-state index in [0.717, 1.165) is 0 Å². The molecule has 0 heterocycles. The molecular formula is C14H17Cl2NO3. The molecule has 6 heteroatoms. The van der Waals surface area contributed by atoms with Crippen molar-refractivity contribution in [3.8, 4) is 0 Å². The van der Waals surface area contributed by atoms with Gasteiger partial charge in [0, 0.05) is 28.6 Å². The SMILES string of the molecule is CCOC(=O)CC(C)CC(=O)Nc1cc(Cl)cc(Cl)c1. The second kappa shape index (κ2) is 8.12. The van der Waals surface area contributed by atoms with Crippen LogP contribution in [0.3, 0.4) is 0 Å². The summed E-state index contributed by atoms with van der Waals surface area (Å²) in [6.07, 6.45) is 0.445. The van der Waals surface area contributed by atoms with Crippen LogP contribution in [0.1, 0.15) is 26.7 Å². The molecule has 20 heavy (non-hydrogen) atoms. The maximum atomic E-state index is 11.8. The first-order chi connectivity index (χ1) is 9.40. The van der Waals surface area contributed by atoms with E-state index in [-0.39, 0.29) is 30.6 Å². The summed E-state index contributed by atoms with van der Waals surface area (Å²) in [5.41, 5.74) is 0.538. The molecule has 0 aliphatic rings. The van der Waals surface area contributed by atoms with Crippen LogP contribution < -0.4 is 5.32 Å². The Balaban J connectivity index is 2.48. The number of nitrogens with one attached hydrogen (secondary N) is 1. The molecule has 4 nitrogen and oxygen atoms in total. The minimum Gasteiger partial charge on any atom is -0.466 e. The van der Waals surface area contributed by atoms with Crippen LogP contribution in [0.2, 0.25) is 10.0 Å². The first-order valence-electron chi connectivity index (χ1n) is 6.32. The van der Waals surface area contributed by atoms with Crippen molar-refractivity contribution in [3.63, 3.8) is 0 Å². The number of hydrogen-bond acceptors (Lipinski definition) is 3. The lowest BCUT2D eigenvalue weighted by Gasteiger charge is -2.11. The highest BCUT2D eigenvalue weighted by Crippen LogP contribution is 2.23. The van der Waals surface area contributed by atoms with Crippen LogP contribution in [0.25, 0.3) is 0 Å². The van der Waals surface area contributed by atoms with E-state index in [9.17, 15) is 9.59 Å². The molecular weight excluding hydrogens is 301 g/mol. The summed E-state index contributed by atoms with van der Waals surface area (Å²) in [5, 5.41) is 3.60. The number of halogens is 2. The molecule has 0 fully saturated rings. The van der Waals surface area contributed by atoms with E-state index >= 15 is 0 Å². The van der Waals surface area contributed by atoms with Gasteiger partial charge in [0.05, 0.1) is 6.61 Å². The molecule has 1 atom stereocenters. The zero-order chi connectivity index (χ0) is 15.1. The van der Waals surface area contributed by atoms with E-state index in [2.05, 4.69) is 5.32 Å². The third-order valence-electron chi connectivity index (χ3n) is 2.50. The van der Waals surface area contributed by atoms with Gasteiger partial charge in [0.15, 0.2) is 0 Å². The molecule has 0 aromatic heterocycles. The molecule has 0 radical (unpaired) electrons. The van der Waals surface area contributed by atoms with Gasteiger partial charge in [-0.3, -0.25) is 9.59 Å². The Bertz CT molecular complexity index is 471. The molecule has 0 aliphatic heterocycles. The number of hydrogen-bond donors (Lipinski definition) is 1. The van der Waals surface area contributed by atoms with Crippen LogP contribution in [0.15, 0.2) is 18.2 Å². The molecule has 0 aliphatic carbocycles. The fourth-order valence-corrected chi connectivity index (χ4v) is 2.26. The molecule has 1 aromatic carbocycles. The predicted molar refractivity (Wildman–Crippen MR) is 80.1 cm³/mol. The lowest BCUT2D eigenvalue weighted by molar-refractivity contribution is -0.144. The number of rotatable bonds is 6. The molecule has 1 aromatic rings. The fourth-order valence-electron chi connectivity index (χ4n) is 1.73. The number of ether oxygens (including phenoxy) is 1. The third-order valence-corrected chi connectivity index (χ3v) is 2.94. The van der Waals surface area contributed by atoms with Crippen LogP contribution in [0.5, 0.6) is 0 Å². The van der Waals surface area contributed by atoms with Crippen molar-refractivity contribution in [2.24, 2.45) is 5.92 Å². The van der Waals surface area contributed by atoms with Crippen molar-refractivity contribution in [3.05, 3.63) is 28.2 Å². The standard InChI is InChI=1S/C14H17Cl2NO3/c1-3-20-14(19)5-9(2)4-13(18)17-12-7-10(15)6-11(16)8-12/h6-9H,3-5H2,1-2H3,(H,17,18). The minimum atomic E-state index is -0.293. The summed E-state index contributed by atoms with van der Waals surface area (Å²) in [6, 6.07) is 4.81. The monoisotopic (exact) mass is 317 g/mol. The summed E-state index contributed by atoms with van der Waals surface area (Å²) in [6.45, 7) is 3.92. The number of anilines is 1. The summed E-state index contributed by atoms with van der Waals surface area (Å²) >= 11 is 11.7. The summed E-state index contributed by atoms with van der Waals surface area (Å²) < 4.78 is 4.84. The number of amides is 1. The van der Waals surface area contributed by atoms with E-state index < -0.39 is 0 Å². The molecule has 0 spiro atoms. The van der Waals surface area contributed by atoms with Crippen LogP contribution in [-0.2, 0) is 14.3 Å². The number of carbonyl (C=O) groups is 2. The summed E-state index contributed by atoms with van der Waals surface area (Å²) in [7, 11) is 0. The third kappa shape index (κ3) is 6.26. The Hall–Kier alpha value is -1.26. The maximum Gasteiger partial charge on any atom is 0.306 e. The van der Waals surface area contributed by atoms with Crippen molar-refractivity contribution in [2.45, 2.75) is 26.7 Å². The molecule has 0 saturated heterocycles. The topological polar surface area (TPSA) is 55.4 Å². The smallest absolute Gasteiger partial charge is 0.306 e. The Morgan fingerprint density at radius 3 is 2.35 bits per heavy atom. The van der Waals surface area contributed by atoms with Gasteiger partial charge < -0.3 is 10.1 Å². The normalized spacial score (nSPS) is 11.8. The largest absolute Gasteiger partial charge is 0.466 e. The van der Waals surface area contributed by atoms with Crippen LogP contribution >= 0.6 is 23.2 Å². The molecule has 1 rings (SSSR count).